The molecule has 2 atom stereocenters. The smallest absolute Gasteiger partial charge is 0.407 e. The third kappa shape index (κ3) is 4.33. The van der Waals surface area contributed by atoms with Gasteiger partial charge in [-0.05, 0) is 66.7 Å². The van der Waals surface area contributed by atoms with Gasteiger partial charge in [0.05, 0.1) is 11.7 Å². The van der Waals surface area contributed by atoms with Gasteiger partial charge in [0.15, 0.2) is 5.79 Å². The van der Waals surface area contributed by atoms with E-state index in [0.717, 1.165) is 32.1 Å². The van der Waals surface area contributed by atoms with Crippen molar-refractivity contribution in [2.45, 2.75) is 89.8 Å². The molecule has 2 aliphatic rings. The second kappa shape index (κ2) is 5.76. The number of alkyl carbamates (subject to hydrolysis) is 1. The third-order valence-electron chi connectivity index (χ3n) is 3.97. The number of hydrogen-bond donors (Lipinski definition) is 1. The lowest BCUT2D eigenvalue weighted by atomic mass is 9.94. The number of amides is 1. The summed E-state index contributed by atoms with van der Waals surface area (Å²) in [4.78, 5) is 11.6. The van der Waals surface area contributed by atoms with E-state index in [9.17, 15) is 4.79 Å². The van der Waals surface area contributed by atoms with Crippen molar-refractivity contribution in [3.8, 4) is 0 Å². The molecule has 1 aliphatic carbocycles. The maximum Gasteiger partial charge on any atom is 0.407 e. The Morgan fingerprint density at radius 3 is 2.76 bits per heavy atom. The fourth-order valence-corrected chi connectivity index (χ4v) is 3.38. The number of nitrogens with one attached hydrogen (secondary N) is 1. The standard InChI is InChI=1S/C16H29NO4/c1-14(2,3)20-13(18)17-11-7-10-16-9-6-8-12(16)19-15(4,5)21-16/h12H,6-11H2,1-5H3,(H,17,18). The van der Waals surface area contributed by atoms with Crippen LogP contribution < -0.4 is 5.32 Å². The lowest BCUT2D eigenvalue weighted by molar-refractivity contribution is -0.169. The summed E-state index contributed by atoms with van der Waals surface area (Å²) in [5.74, 6) is -0.482. The summed E-state index contributed by atoms with van der Waals surface area (Å²) in [5.41, 5.74) is -0.606. The third-order valence-corrected chi connectivity index (χ3v) is 3.97. The average molecular weight is 299 g/mol. The summed E-state index contributed by atoms with van der Waals surface area (Å²) in [5, 5.41) is 2.80. The van der Waals surface area contributed by atoms with E-state index in [2.05, 4.69) is 5.32 Å². The molecule has 1 aliphatic heterocycles. The SMILES string of the molecule is CC(C)(C)OC(=O)NCCCC12CCCC1OC(C)(C)O2. The molecule has 1 N–H and O–H groups in total. The number of rotatable bonds is 4. The van der Waals surface area contributed by atoms with Gasteiger partial charge in [0.25, 0.3) is 0 Å². The predicted octanol–water partition coefficient (Wildman–Crippen LogP) is 3.37. The second-order valence-corrected chi connectivity index (χ2v) is 7.60. The normalized spacial score (nSPS) is 31.0. The van der Waals surface area contributed by atoms with E-state index in [0.29, 0.717) is 6.54 Å². The first-order chi connectivity index (χ1) is 9.62. The summed E-state index contributed by atoms with van der Waals surface area (Å²) in [6, 6.07) is 0. The first kappa shape index (κ1) is 16.6. The summed E-state index contributed by atoms with van der Waals surface area (Å²) < 4.78 is 17.4. The van der Waals surface area contributed by atoms with Crippen LogP contribution in [-0.2, 0) is 14.2 Å². The van der Waals surface area contributed by atoms with Crippen molar-refractivity contribution in [1.82, 2.24) is 5.32 Å². The van der Waals surface area contributed by atoms with Crippen LogP contribution in [0.2, 0.25) is 0 Å². The minimum Gasteiger partial charge on any atom is -0.444 e. The fourth-order valence-electron chi connectivity index (χ4n) is 3.38. The molecule has 2 unspecified atom stereocenters. The molecule has 2 fully saturated rings. The topological polar surface area (TPSA) is 56.8 Å². The van der Waals surface area contributed by atoms with Crippen LogP contribution in [0.4, 0.5) is 4.79 Å². The molecule has 0 spiro atoms. The van der Waals surface area contributed by atoms with Gasteiger partial charge in [0.1, 0.15) is 5.60 Å². The van der Waals surface area contributed by atoms with Crippen molar-refractivity contribution in [1.29, 1.82) is 0 Å². The quantitative estimate of drug-likeness (QED) is 0.809. The Morgan fingerprint density at radius 1 is 1.38 bits per heavy atom. The van der Waals surface area contributed by atoms with Gasteiger partial charge < -0.3 is 19.5 Å². The number of fused-ring (bicyclic) bond motifs is 1. The molecule has 5 nitrogen and oxygen atoms in total. The Labute approximate surface area is 127 Å². The van der Waals surface area contributed by atoms with Crippen LogP contribution in [0, 0.1) is 0 Å². The lowest BCUT2D eigenvalue weighted by Crippen LogP contribution is -2.37. The van der Waals surface area contributed by atoms with Crippen molar-refractivity contribution >= 4 is 6.09 Å². The summed E-state index contributed by atoms with van der Waals surface area (Å²) >= 11 is 0. The monoisotopic (exact) mass is 299 g/mol. The number of ether oxygens (including phenoxy) is 3. The Kier molecular flexibility index (Phi) is 4.54. The van der Waals surface area contributed by atoms with Gasteiger partial charge in [-0.2, -0.15) is 0 Å². The van der Waals surface area contributed by atoms with Gasteiger partial charge >= 0.3 is 6.09 Å². The molecule has 5 heteroatoms. The van der Waals surface area contributed by atoms with Crippen LogP contribution in [-0.4, -0.2) is 35.7 Å². The molecular formula is C16H29NO4. The Balaban J connectivity index is 1.75. The van der Waals surface area contributed by atoms with E-state index in [1.807, 2.05) is 34.6 Å². The van der Waals surface area contributed by atoms with Crippen LogP contribution in [0.25, 0.3) is 0 Å². The fraction of sp³-hybridized carbons (Fsp3) is 0.938. The zero-order valence-electron chi connectivity index (χ0n) is 14.0. The first-order valence-corrected chi connectivity index (χ1v) is 7.97. The first-order valence-electron chi connectivity index (χ1n) is 7.97. The van der Waals surface area contributed by atoms with E-state index in [-0.39, 0.29) is 17.8 Å². The molecule has 0 aromatic carbocycles. The molecule has 122 valence electrons. The van der Waals surface area contributed by atoms with Gasteiger partial charge in [-0.3, -0.25) is 0 Å². The Morgan fingerprint density at radius 2 is 2.10 bits per heavy atom. The van der Waals surface area contributed by atoms with E-state index < -0.39 is 11.4 Å². The number of hydrogen-bond acceptors (Lipinski definition) is 4. The second-order valence-electron chi connectivity index (χ2n) is 7.60. The number of carbonyl (C=O) groups excluding carboxylic acids is 1. The van der Waals surface area contributed by atoms with Crippen LogP contribution >= 0.6 is 0 Å². The lowest BCUT2D eigenvalue weighted by Gasteiger charge is -2.28. The van der Waals surface area contributed by atoms with Crippen molar-refractivity contribution < 1.29 is 19.0 Å². The Hall–Kier alpha value is -0.810. The minimum atomic E-state index is -0.482. The van der Waals surface area contributed by atoms with Gasteiger partial charge in [0.2, 0.25) is 0 Å². The maximum atomic E-state index is 11.6. The largest absolute Gasteiger partial charge is 0.444 e. The van der Waals surface area contributed by atoms with Crippen molar-refractivity contribution in [2.75, 3.05) is 6.54 Å². The molecule has 1 saturated heterocycles. The van der Waals surface area contributed by atoms with Crippen LogP contribution in [0.15, 0.2) is 0 Å². The highest BCUT2D eigenvalue weighted by Gasteiger charge is 2.54. The molecule has 0 aromatic heterocycles. The maximum absolute atomic E-state index is 11.6. The van der Waals surface area contributed by atoms with E-state index in [4.69, 9.17) is 14.2 Å². The van der Waals surface area contributed by atoms with Crippen molar-refractivity contribution in [2.24, 2.45) is 0 Å². The summed E-state index contributed by atoms with van der Waals surface area (Å²) in [6.07, 6.45) is 4.91. The molecule has 2 rings (SSSR count). The predicted molar refractivity (Wildman–Crippen MR) is 80.1 cm³/mol. The van der Waals surface area contributed by atoms with E-state index >= 15 is 0 Å². The molecule has 21 heavy (non-hydrogen) atoms. The van der Waals surface area contributed by atoms with E-state index in [1.165, 1.54) is 0 Å². The molecule has 1 heterocycles. The van der Waals surface area contributed by atoms with Gasteiger partial charge in [-0.25, -0.2) is 4.79 Å². The molecular weight excluding hydrogens is 270 g/mol. The zero-order chi connectivity index (χ0) is 15.7. The Bertz CT molecular complexity index is 388. The molecule has 1 amide bonds. The summed E-state index contributed by atoms with van der Waals surface area (Å²) in [6.45, 7) is 10.1. The van der Waals surface area contributed by atoms with Gasteiger partial charge in [0, 0.05) is 6.54 Å². The van der Waals surface area contributed by atoms with E-state index in [1.54, 1.807) is 0 Å². The van der Waals surface area contributed by atoms with Crippen molar-refractivity contribution in [3.05, 3.63) is 0 Å². The van der Waals surface area contributed by atoms with Gasteiger partial charge in [-0.1, -0.05) is 0 Å². The molecule has 0 radical (unpaired) electrons. The van der Waals surface area contributed by atoms with Crippen molar-refractivity contribution in [3.63, 3.8) is 0 Å². The average Bonchev–Trinajstić information content (AvgIpc) is 2.74. The molecule has 0 aromatic rings. The highest BCUT2D eigenvalue weighted by Crippen LogP contribution is 2.48. The zero-order valence-corrected chi connectivity index (χ0v) is 14.0. The molecule has 1 saturated carbocycles. The van der Waals surface area contributed by atoms with Crippen LogP contribution in [0.5, 0.6) is 0 Å². The van der Waals surface area contributed by atoms with Crippen LogP contribution in [0.1, 0.15) is 66.7 Å². The number of carbonyl (C=O) groups is 1. The minimum absolute atomic E-state index is 0.154. The molecule has 0 bridgehead atoms. The van der Waals surface area contributed by atoms with Gasteiger partial charge in [-0.15, -0.1) is 0 Å². The summed E-state index contributed by atoms with van der Waals surface area (Å²) in [7, 11) is 0. The van der Waals surface area contributed by atoms with Crippen LogP contribution in [0.3, 0.4) is 0 Å². The highest BCUT2D eigenvalue weighted by atomic mass is 16.8. The highest BCUT2D eigenvalue weighted by molar-refractivity contribution is 5.67.